The van der Waals surface area contributed by atoms with E-state index < -0.39 is 0 Å². The van der Waals surface area contributed by atoms with E-state index in [2.05, 4.69) is 26.2 Å². The second kappa shape index (κ2) is 4.22. The Bertz CT molecular complexity index is 180. The Labute approximate surface area is 88.7 Å². The zero-order valence-electron chi connectivity index (χ0n) is 9.92. The molecule has 2 saturated carbocycles. The fourth-order valence-electron chi connectivity index (χ4n) is 3.90. The molecule has 0 heterocycles. The molecule has 4 atom stereocenters. The maximum atomic E-state index is 3.58. The third-order valence-corrected chi connectivity index (χ3v) is 4.58. The molecule has 2 rings (SSSR count). The van der Waals surface area contributed by atoms with Gasteiger partial charge in [0.15, 0.2) is 0 Å². The minimum atomic E-state index is 0.810. The zero-order chi connectivity index (χ0) is 10.1. The van der Waals surface area contributed by atoms with Crippen LogP contribution in [0.25, 0.3) is 0 Å². The molecule has 0 saturated heterocycles. The first-order valence-corrected chi connectivity index (χ1v) is 6.46. The Morgan fingerprint density at radius 1 is 1.29 bits per heavy atom. The predicted octanol–water partition coefficient (Wildman–Crippen LogP) is 3.06. The first-order valence-electron chi connectivity index (χ1n) is 6.46. The van der Waals surface area contributed by atoms with E-state index in [1.54, 1.807) is 0 Å². The molecule has 0 aliphatic heterocycles. The lowest BCUT2D eigenvalue weighted by Gasteiger charge is -2.25. The van der Waals surface area contributed by atoms with E-state index in [1.165, 1.54) is 32.1 Å². The topological polar surface area (TPSA) is 12.0 Å². The smallest absolute Gasteiger partial charge is 0.0123 e. The highest BCUT2D eigenvalue weighted by atomic mass is 14.9. The number of hydrogen-bond donors (Lipinski definition) is 1. The molecule has 0 amide bonds. The third kappa shape index (κ3) is 1.71. The van der Waals surface area contributed by atoms with Gasteiger partial charge in [0.2, 0.25) is 0 Å². The molecular weight excluding hydrogens is 170 g/mol. The van der Waals surface area contributed by atoms with Crippen LogP contribution < -0.4 is 5.32 Å². The largest absolute Gasteiger partial charge is 0.316 e. The highest BCUT2D eigenvalue weighted by Crippen LogP contribution is 2.59. The maximum Gasteiger partial charge on any atom is 0.0123 e. The van der Waals surface area contributed by atoms with E-state index in [4.69, 9.17) is 0 Å². The monoisotopic (exact) mass is 195 g/mol. The molecule has 2 aliphatic carbocycles. The van der Waals surface area contributed by atoms with Gasteiger partial charge >= 0.3 is 0 Å². The van der Waals surface area contributed by atoms with Crippen LogP contribution >= 0.6 is 0 Å². The minimum Gasteiger partial charge on any atom is -0.316 e. The fraction of sp³-hybridized carbons (Fsp3) is 1.00. The molecule has 4 unspecified atom stereocenters. The average Bonchev–Trinajstić information content (AvgIpc) is 2.64. The molecule has 0 bridgehead atoms. The van der Waals surface area contributed by atoms with Gasteiger partial charge in [-0.3, -0.25) is 0 Å². The summed E-state index contributed by atoms with van der Waals surface area (Å²) in [4.78, 5) is 0. The number of rotatable bonds is 5. The zero-order valence-corrected chi connectivity index (χ0v) is 9.92. The Morgan fingerprint density at radius 2 is 1.93 bits per heavy atom. The van der Waals surface area contributed by atoms with Crippen LogP contribution in [0.1, 0.15) is 46.0 Å². The standard InChI is InChI=1S/C13H25N/c1-4-6-9(2)13(14-3)12-10-7-5-8-11(10)12/h9-14H,4-8H2,1-3H3. The summed E-state index contributed by atoms with van der Waals surface area (Å²) in [5.41, 5.74) is 0. The molecule has 14 heavy (non-hydrogen) atoms. The second-order valence-corrected chi connectivity index (χ2v) is 5.42. The van der Waals surface area contributed by atoms with Gasteiger partial charge in [-0.25, -0.2) is 0 Å². The van der Waals surface area contributed by atoms with Crippen LogP contribution in [-0.4, -0.2) is 13.1 Å². The Hall–Kier alpha value is -0.0400. The normalized spacial score (nSPS) is 39.2. The molecular formula is C13H25N. The molecule has 0 spiro atoms. The van der Waals surface area contributed by atoms with Crippen molar-refractivity contribution in [2.45, 2.75) is 52.0 Å². The summed E-state index contributed by atoms with van der Waals surface area (Å²) in [6.45, 7) is 4.73. The molecule has 2 fully saturated rings. The highest BCUT2D eigenvalue weighted by Gasteiger charge is 2.56. The second-order valence-electron chi connectivity index (χ2n) is 5.42. The van der Waals surface area contributed by atoms with Crippen molar-refractivity contribution in [2.24, 2.45) is 23.7 Å². The minimum absolute atomic E-state index is 0.810. The number of nitrogens with one attached hydrogen (secondary N) is 1. The fourth-order valence-corrected chi connectivity index (χ4v) is 3.90. The third-order valence-electron chi connectivity index (χ3n) is 4.58. The Morgan fingerprint density at radius 3 is 2.43 bits per heavy atom. The van der Waals surface area contributed by atoms with Gasteiger partial charge in [0.25, 0.3) is 0 Å². The molecule has 0 aromatic carbocycles. The molecule has 0 radical (unpaired) electrons. The predicted molar refractivity (Wildman–Crippen MR) is 61.2 cm³/mol. The molecule has 1 N–H and O–H groups in total. The van der Waals surface area contributed by atoms with Crippen molar-refractivity contribution < 1.29 is 0 Å². The SMILES string of the molecule is CCCC(C)C(NC)C1C2CCCC21. The van der Waals surface area contributed by atoms with Gasteiger partial charge in [0.1, 0.15) is 0 Å². The van der Waals surface area contributed by atoms with E-state index >= 15 is 0 Å². The van der Waals surface area contributed by atoms with Gasteiger partial charge in [-0.1, -0.05) is 26.7 Å². The number of fused-ring (bicyclic) bond motifs is 1. The van der Waals surface area contributed by atoms with Crippen molar-refractivity contribution in [3.63, 3.8) is 0 Å². The summed E-state index contributed by atoms with van der Waals surface area (Å²) in [6.07, 6.45) is 7.27. The summed E-state index contributed by atoms with van der Waals surface area (Å²) < 4.78 is 0. The molecule has 2 aliphatic rings. The van der Waals surface area contributed by atoms with Gasteiger partial charge in [-0.05, 0) is 50.0 Å². The van der Waals surface area contributed by atoms with E-state index in [0.29, 0.717) is 0 Å². The van der Waals surface area contributed by atoms with Crippen molar-refractivity contribution in [3.05, 3.63) is 0 Å². The van der Waals surface area contributed by atoms with Gasteiger partial charge in [-0.2, -0.15) is 0 Å². The quantitative estimate of drug-likeness (QED) is 0.711. The van der Waals surface area contributed by atoms with Crippen molar-refractivity contribution >= 4 is 0 Å². The van der Waals surface area contributed by atoms with Crippen LogP contribution in [0.15, 0.2) is 0 Å². The summed E-state index contributed by atoms with van der Waals surface area (Å²) in [6, 6.07) is 0.810. The highest BCUT2D eigenvalue weighted by molar-refractivity contribution is 5.06. The summed E-state index contributed by atoms with van der Waals surface area (Å²) >= 11 is 0. The van der Waals surface area contributed by atoms with Gasteiger partial charge in [-0.15, -0.1) is 0 Å². The molecule has 82 valence electrons. The summed E-state index contributed by atoms with van der Waals surface area (Å²) in [5, 5.41) is 3.58. The lowest BCUT2D eigenvalue weighted by atomic mass is 9.90. The van der Waals surface area contributed by atoms with Crippen LogP contribution in [0.4, 0.5) is 0 Å². The van der Waals surface area contributed by atoms with Gasteiger partial charge < -0.3 is 5.32 Å². The number of hydrogen-bond acceptors (Lipinski definition) is 1. The van der Waals surface area contributed by atoms with Crippen LogP contribution in [0.3, 0.4) is 0 Å². The molecule has 1 nitrogen and oxygen atoms in total. The molecule has 0 aromatic rings. The van der Waals surface area contributed by atoms with E-state index in [0.717, 1.165) is 29.7 Å². The van der Waals surface area contributed by atoms with Crippen molar-refractivity contribution in [2.75, 3.05) is 7.05 Å². The Kier molecular flexibility index (Phi) is 3.16. The molecule has 0 aromatic heterocycles. The van der Waals surface area contributed by atoms with Crippen LogP contribution in [0.5, 0.6) is 0 Å². The van der Waals surface area contributed by atoms with Crippen molar-refractivity contribution in [1.82, 2.24) is 5.32 Å². The van der Waals surface area contributed by atoms with Gasteiger partial charge in [0, 0.05) is 6.04 Å². The van der Waals surface area contributed by atoms with Crippen LogP contribution in [0, 0.1) is 23.7 Å². The summed E-state index contributed by atoms with van der Waals surface area (Å²) in [7, 11) is 2.16. The maximum absolute atomic E-state index is 3.58. The Balaban J connectivity index is 1.87. The van der Waals surface area contributed by atoms with Crippen molar-refractivity contribution in [1.29, 1.82) is 0 Å². The van der Waals surface area contributed by atoms with Crippen LogP contribution in [0.2, 0.25) is 0 Å². The van der Waals surface area contributed by atoms with Crippen molar-refractivity contribution in [3.8, 4) is 0 Å². The first-order chi connectivity index (χ1) is 6.79. The van der Waals surface area contributed by atoms with Crippen LogP contribution in [-0.2, 0) is 0 Å². The average molecular weight is 195 g/mol. The van der Waals surface area contributed by atoms with E-state index in [9.17, 15) is 0 Å². The lowest BCUT2D eigenvalue weighted by molar-refractivity contribution is 0.309. The lowest BCUT2D eigenvalue weighted by Crippen LogP contribution is -2.35. The van der Waals surface area contributed by atoms with E-state index in [1.807, 2.05) is 0 Å². The first kappa shape index (κ1) is 10.5. The molecule has 1 heteroatoms. The summed E-state index contributed by atoms with van der Waals surface area (Å²) in [5.74, 6) is 4.12. The van der Waals surface area contributed by atoms with E-state index in [-0.39, 0.29) is 0 Å². The van der Waals surface area contributed by atoms with Gasteiger partial charge in [0.05, 0.1) is 0 Å².